The highest BCUT2D eigenvalue weighted by molar-refractivity contribution is 8.00. The molecule has 270 valence electrons. The molecule has 0 heterocycles. The fourth-order valence-electron chi connectivity index (χ4n) is 9.27. The molecule has 3 fully saturated rings. The third kappa shape index (κ3) is 8.84. The van der Waals surface area contributed by atoms with Crippen LogP contribution in [0.15, 0.2) is 29.2 Å². The summed E-state index contributed by atoms with van der Waals surface area (Å²) in [5.41, 5.74) is 10.6. The number of hydrogen-bond acceptors (Lipinski definition) is 9. The van der Waals surface area contributed by atoms with E-state index in [4.69, 9.17) is 16.2 Å². The van der Waals surface area contributed by atoms with Crippen molar-refractivity contribution >= 4 is 29.4 Å². The van der Waals surface area contributed by atoms with Crippen LogP contribution in [0.25, 0.3) is 0 Å². The smallest absolute Gasteiger partial charge is 0.316 e. The first-order valence-corrected chi connectivity index (χ1v) is 19.2. The number of carbonyl (C=O) groups excluding carboxylic acids is 3. The van der Waals surface area contributed by atoms with Crippen LogP contribution in [0.3, 0.4) is 0 Å². The number of aliphatic hydroxyl groups excluding tert-OH is 1. The zero-order valence-corrected chi connectivity index (χ0v) is 30.9. The summed E-state index contributed by atoms with van der Waals surface area (Å²) >= 11 is 1.43. The van der Waals surface area contributed by atoms with Gasteiger partial charge in [-0.3, -0.25) is 14.4 Å². The van der Waals surface area contributed by atoms with Crippen LogP contribution < -0.4 is 22.1 Å². The van der Waals surface area contributed by atoms with E-state index in [1.807, 2.05) is 24.3 Å². The number of ketones is 1. The van der Waals surface area contributed by atoms with E-state index in [0.717, 1.165) is 68.5 Å². The molecule has 9 nitrogen and oxygen atoms in total. The van der Waals surface area contributed by atoms with Gasteiger partial charge in [0.25, 0.3) is 0 Å². The van der Waals surface area contributed by atoms with Gasteiger partial charge in [0.1, 0.15) is 11.9 Å². The Morgan fingerprint density at radius 1 is 1.00 bits per heavy atom. The van der Waals surface area contributed by atoms with E-state index in [-0.39, 0.29) is 40.3 Å². The number of aliphatic hydroxyl groups is 1. The second kappa shape index (κ2) is 16.4. The first-order valence-electron chi connectivity index (χ1n) is 18.2. The Kier molecular flexibility index (Phi) is 13.2. The Bertz CT molecular complexity index is 1260. The maximum Gasteiger partial charge on any atom is 0.316 e. The number of nitrogens with one attached hydrogen (secondary N) is 2. The van der Waals surface area contributed by atoms with Gasteiger partial charge in [-0.1, -0.05) is 46.8 Å². The SMILES string of the molecule is C[C@@H]1C[C@@]2(C)C[C@@]3(CCC2=O)C[C@]1(C)[C@H](OC(=O)CSc1ccc(CC(=O)NCCCN)cc1)C[C@](C)(CCNCCCN)[C@@H](O)[C@@H]3C. The molecule has 4 rings (SSSR count). The van der Waals surface area contributed by atoms with Gasteiger partial charge in [0, 0.05) is 28.7 Å². The highest BCUT2D eigenvalue weighted by atomic mass is 32.2. The van der Waals surface area contributed by atoms with E-state index in [1.165, 1.54) is 11.8 Å². The molecule has 1 spiro atoms. The van der Waals surface area contributed by atoms with Crippen LogP contribution in [0.2, 0.25) is 0 Å². The monoisotopic (exact) mass is 686 g/mol. The topological polar surface area (TPSA) is 157 Å². The van der Waals surface area contributed by atoms with Crippen molar-refractivity contribution in [2.45, 2.75) is 116 Å². The summed E-state index contributed by atoms with van der Waals surface area (Å²) in [7, 11) is 0. The molecule has 1 aromatic rings. The Labute approximate surface area is 292 Å². The van der Waals surface area contributed by atoms with Crippen LogP contribution in [0.5, 0.6) is 0 Å². The Hall–Kier alpha value is -1.98. The van der Waals surface area contributed by atoms with Crippen molar-refractivity contribution in [1.82, 2.24) is 10.6 Å². The quantitative estimate of drug-likeness (QED) is 0.101. The molecule has 0 unspecified atom stereocenters. The molecule has 0 aromatic heterocycles. The van der Waals surface area contributed by atoms with Crippen LogP contribution in [0.4, 0.5) is 0 Å². The highest BCUT2D eigenvalue weighted by Gasteiger charge is 2.63. The summed E-state index contributed by atoms with van der Waals surface area (Å²) in [4.78, 5) is 40.3. The van der Waals surface area contributed by atoms with Gasteiger partial charge < -0.3 is 31.9 Å². The van der Waals surface area contributed by atoms with E-state index < -0.39 is 23.0 Å². The molecule has 48 heavy (non-hydrogen) atoms. The third-order valence-corrected chi connectivity index (χ3v) is 13.5. The number of benzene rings is 1. The molecular formula is C38H62N4O5S. The highest BCUT2D eigenvalue weighted by Crippen LogP contribution is 2.66. The first-order chi connectivity index (χ1) is 22.7. The maximum absolute atomic E-state index is 13.7. The van der Waals surface area contributed by atoms with Gasteiger partial charge >= 0.3 is 5.97 Å². The number of fused-ring (bicyclic) bond motifs is 2. The van der Waals surface area contributed by atoms with Crippen molar-refractivity contribution in [3.63, 3.8) is 0 Å². The van der Waals surface area contributed by atoms with Crippen LogP contribution in [-0.2, 0) is 25.5 Å². The molecule has 1 amide bonds. The summed E-state index contributed by atoms with van der Waals surface area (Å²) in [5.74, 6) is 0.372. The molecule has 10 heteroatoms. The average Bonchev–Trinajstić information content (AvgIpc) is 3.12. The van der Waals surface area contributed by atoms with Gasteiger partial charge in [-0.15, -0.1) is 11.8 Å². The zero-order chi connectivity index (χ0) is 35.2. The van der Waals surface area contributed by atoms with E-state index in [1.54, 1.807) is 0 Å². The predicted octanol–water partition coefficient (Wildman–Crippen LogP) is 4.62. The predicted molar refractivity (Wildman–Crippen MR) is 192 cm³/mol. The van der Waals surface area contributed by atoms with E-state index >= 15 is 0 Å². The molecule has 8 atom stereocenters. The first kappa shape index (κ1) is 38.8. The fraction of sp³-hybridized carbons (Fsp3) is 0.763. The van der Waals surface area contributed by atoms with Gasteiger partial charge in [-0.25, -0.2) is 0 Å². The van der Waals surface area contributed by atoms with Crippen molar-refractivity contribution in [2.24, 2.45) is 45.0 Å². The van der Waals surface area contributed by atoms with Gasteiger partial charge in [0.15, 0.2) is 0 Å². The van der Waals surface area contributed by atoms with Crippen LogP contribution in [0, 0.1) is 33.5 Å². The second-order valence-corrected chi connectivity index (χ2v) is 17.2. The van der Waals surface area contributed by atoms with E-state index in [2.05, 4.69) is 45.3 Å². The minimum atomic E-state index is -0.596. The molecule has 1 aromatic carbocycles. The van der Waals surface area contributed by atoms with Gasteiger partial charge in [-0.2, -0.15) is 0 Å². The van der Waals surface area contributed by atoms with Crippen molar-refractivity contribution < 1.29 is 24.2 Å². The molecule has 3 bridgehead atoms. The van der Waals surface area contributed by atoms with Crippen LogP contribution >= 0.6 is 11.8 Å². The Balaban J connectivity index is 1.54. The number of thioether (sulfide) groups is 1. The molecular weight excluding hydrogens is 625 g/mol. The summed E-state index contributed by atoms with van der Waals surface area (Å²) < 4.78 is 6.56. The summed E-state index contributed by atoms with van der Waals surface area (Å²) in [6.45, 7) is 14.4. The lowest BCUT2D eigenvalue weighted by Crippen LogP contribution is -2.56. The molecule has 0 saturated heterocycles. The van der Waals surface area contributed by atoms with Crippen LogP contribution in [0.1, 0.15) is 98.0 Å². The minimum Gasteiger partial charge on any atom is -0.461 e. The maximum atomic E-state index is 13.7. The number of rotatable bonds is 15. The number of carbonyl (C=O) groups is 3. The normalized spacial score (nSPS) is 34.9. The van der Waals surface area contributed by atoms with Gasteiger partial charge in [0.05, 0.1) is 18.3 Å². The van der Waals surface area contributed by atoms with Crippen LogP contribution in [-0.4, -0.2) is 73.5 Å². The van der Waals surface area contributed by atoms with Crippen molar-refractivity contribution in [1.29, 1.82) is 0 Å². The summed E-state index contributed by atoms with van der Waals surface area (Å²) in [6, 6.07) is 7.74. The average molecular weight is 687 g/mol. The number of ether oxygens (including phenoxy) is 1. The summed E-state index contributed by atoms with van der Waals surface area (Å²) in [6.07, 6.45) is 5.97. The molecule has 3 aliphatic rings. The van der Waals surface area contributed by atoms with Gasteiger partial charge in [0.2, 0.25) is 5.91 Å². The zero-order valence-electron chi connectivity index (χ0n) is 30.1. The minimum absolute atomic E-state index is 0.00999. The number of nitrogens with two attached hydrogens (primary N) is 2. The van der Waals surface area contributed by atoms with Crippen molar-refractivity contribution in [3.8, 4) is 0 Å². The number of esters is 1. The Morgan fingerprint density at radius 3 is 2.38 bits per heavy atom. The molecule has 0 aliphatic heterocycles. The Morgan fingerprint density at radius 2 is 1.69 bits per heavy atom. The summed E-state index contributed by atoms with van der Waals surface area (Å²) in [5, 5.41) is 18.6. The lowest BCUT2D eigenvalue weighted by atomic mass is 9.50. The largest absolute Gasteiger partial charge is 0.461 e. The van der Waals surface area contributed by atoms with E-state index in [9.17, 15) is 19.5 Å². The lowest BCUT2D eigenvalue weighted by molar-refractivity contribution is -0.180. The fourth-order valence-corrected chi connectivity index (χ4v) is 9.95. The number of Topliss-reactive ketones (excluding diaryl/α,β-unsaturated/α-hetero) is 1. The molecule has 0 radical (unpaired) electrons. The van der Waals surface area contributed by atoms with Crippen molar-refractivity contribution in [3.05, 3.63) is 29.8 Å². The number of hydrogen-bond donors (Lipinski definition) is 5. The molecule has 7 N–H and O–H groups in total. The lowest BCUT2D eigenvalue weighted by Gasteiger charge is -2.57. The molecule has 3 saturated carbocycles. The van der Waals surface area contributed by atoms with Gasteiger partial charge in [-0.05, 0) is 118 Å². The van der Waals surface area contributed by atoms with E-state index in [0.29, 0.717) is 44.7 Å². The number of amides is 1. The standard InChI is InChI=1S/C38H62N4O5S/c1-26-21-36(4)24-38(13-12-30(36)43)25-37(26,5)31(22-35(3,34(46)27(38)2)14-19-41-17-6-15-39)47-33(45)23-48-29-10-8-28(9-11-29)20-32(44)42-18-7-16-40/h8-11,26-27,31,34,41,46H,6-7,12-25,39-40H2,1-5H3,(H,42,44)/t26-,27+,31-,34+,35+,36+,37+,38+/m1/s1. The van der Waals surface area contributed by atoms with Crippen molar-refractivity contribution in [2.75, 3.05) is 38.5 Å². The molecule has 3 aliphatic carbocycles. The third-order valence-electron chi connectivity index (χ3n) is 12.5. The second-order valence-electron chi connectivity index (χ2n) is 16.1.